The minimum atomic E-state index is 0.693. The summed E-state index contributed by atoms with van der Waals surface area (Å²) in [6, 6.07) is 79.8. The Labute approximate surface area is 388 Å². The Hall–Kier alpha value is -9.13. The summed E-state index contributed by atoms with van der Waals surface area (Å²) < 4.78 is 2.28. The van der Waals surface area contributed by atoms with Gasteiger partial charge in [0.2, 0.25) is 0 Å². The maximum absolute atomic E-state index is 5.16. The van der Waals surface area contributed by atoms with E-state index >= 15 is 0 Å². The average molecular weight is 857 g/mol. The zero-order valence-corrected chi connectivity index (χ0v) is 36.3. The van der Waals surface area contributed by atoms with Crippen molar-refractivity contribution in [1.29, 1.82) is 0 Å². The van der Waals surface area contributed by atoms with Gasteiger partial charge < -0.3 is 4.57 Å². The van der Waals surface area contributed by atoms with Gasteiger partial charge in [-0.2, -0.15) is 0 Å². The van der Waals surface area contributed by atoms with E-state index in [1.807, 2.05) is 54.9 Å². The fraction of sp³-hybridized carbons (Fsp3) is 0. The molecule has 5 aromatic heterocycles. The molecule has 0 aliphatic rings. The minimum absolute atomic E-state index is 0.693. The number of hydrogen-bond acceptors (Lipinski definition) is 5. The molecule has 0 aliphatic carbocycles. The molecule has 12 rings (SSSR count). The van der Waals surface area contributed by atoms with Crippen LogP contribution in [0.5, 0.6) is 0 Å². The molecule has 0 saturated heterocycles. The first kappa shape index (κ1) is 39.5. The van der Waals surface area contributed by atoms with E-state index in [4.69, 9.17) is 24.9 Å². The van der Waals surface area contributed by atoms with Crippen LogP contribution < -0.4 is 0 Å². The Kier molecular flexibility index (Phi) is 10.1. The predicted octanol–water partition coefficient (Wildman–Crippen LogP) is 15.1. The summed E-state index contributed by atoms with van der Waals surface area (Å²) in [7, 11) is 0. The number of fused-ring (bicyclic) bond motifs is 3. The molecule has 0 bridgehead atoms. The molecule has 0 unspecified atom stereocenters. The first-order chi connectivity index (χ1) is 33.2. The van der Waals surface area contributed by atoms with Crippen molar-refractivity contribution in [1.82, 2.24) is 29.5 Å². The molecule has 0 atom stereocenters. The van der Waals surface area contributed by atoms with Crippen LogP contribution in [0.2, 0.25) is 0 Å². The number of para-hydroxylation sites is 2. The Balaban J connectivity index is 0.812. The maximum Gasteiger partial charge on any atom is 0.160 e. The first-order valence-electron chi connectivity index (χ1n) is 22.4. The number of hydrogen-bond donors (Lipinski definition) is 0. The molecule has 6 heteroatoms. The van der Waals surface area contributed by atoms with Gasteiger partial charge in [0.25, 0.3) is 0 Å². The highest BCUT2D eigenvalue weighted by Crippen LogP contribution is 2.35. The Morgan fingerprint density at radius 2 is 0.672 bits per heavy atom. The predicted molar refractivity (Wildman–Crippen MR) is 273 cm³/mol. The first-order valence-corrected chi connectivity index (χ1v) is 22.4. The smallest absolute Gasteiger partial charge is 0.160 e. The molecule has 0 fully saturated rings. The van der Waals surface area contributed by atoms with Crippen molar-refractivity contribution >= 4 is 21.8 Å². The second kappa shape index (κ2) is 17.1. The molecule has 0 aliphatic heterocycles. The average Bonchev–Trinajstić information content (AvgIpc) is 3.76. The van der Waals surface area contributed by atoms with Crippen LogP contribution >= 0.6 is 0 Å². The van der Waals surface area contributed by atoms with Crippen LogP contribution in [-0.2, 0) is 0 Å². The van der Waals surface area contributed by atoms with Gasteiger partial charge in [0, 0.05) is 39.2 Å². The van der Waals surface area contributed by atoms with Crippen LogP contribution in [0.1, 0.15) is 0 Å². The second-order valence-corrected chi connectivity index (χ2v) is 16.5. The van der Waals surface area contributed by atoms with Gasteiger partial charge in [-0.25, -0.2) is 15.0 Å². The molecule has 0 saturated carbocycles. The second-order valence-electron chi connectivity index (χ2n) is 16.5. The van der Waals surface area contributed by atoms with Crippen LogP contribution in [0.15, 0.2) is 243 Å². The molecular weight excluding hydrogens is 817 g/mol. The molecule has 0 radical (unpaired) electrons. The molecular formula is C61H40N6. The summed E-state index contributed by atoms with van der Waals surface area (Å²) in [4.78, 5) is 25.2. The van der Waals surface area contributed by atoms with E-state index in [0.717, 1.165) is 101 Å². The SMILES string of the molecule is c1ccc(-c2cc(-c3ccc(-c4ccc(-c5ccc(-c6nc(-c7ccccc7)cc(-c7ccccc7)n6)cc5)cc4)cn3)nc(-c3ccc(-n4c5ccccc5c5ccccc54)cn3)c2)cc1. The molecule has 0 amide bonds. The standard InChI is InChI=1S/C61H40N6/c1-4-14-41(15-5-1)49-36-57(64-58(37-49)54-35-33-50(40-63-54)67-59-22-12-10-20-51(59)52-21-11-13-23-60(52)67)53-34-32-48(39-62-53)44-26-24-42(25-27-44)43-28-30-47(31-29-43)61-65-55(45-16-6-2-7-17-45)38-56(66-61)46-18-8-3-9-19-46/h1-40H. The molecule has 67 heavy (non-hydrogen) atoms. The van der Waals surface area contributed by atoms with Crippen molar-refractivity contribution in [3.05, 3.63) is 243 Å². The highest BCUT2D eigenvalue weighted by atomic mass is 15.0. The maximum atomic E-state index is 5.16. The van der Waals surface area contributed by atoms with Crippen LogP contribution in [0.3, 0.4) is 0 Å². The number of rotatable bonds is 9. The Bertz CT molecular complexity index is 3570. The largest absolute Gasteiger partial charge is 0.308 e. The normalized spacial score (nSPS) is 11.3. The number of benzene rings is 7. The summed E-state index contributed by atoms with van der Waals surface area (Å²) in [6.07, 6.45) is 3.88. The number of aromatic nitrogens is 6. The molecule has 5 heterocycles. The van der Waals surface area contributed by atoms with Crippen LogP contribution in [-0.4, -0.2) is 29.5 Å². The van der Waals surface area contributed by atoms with Crippen molar-refractivity contribution in [2.75, 3.05) is 0 Å². The van der Waals surface area contributed by atoms with Gasteiger partial charge in [0.05, 0.1) is 57.1 Å². The Morgan fingerprint density at radius 3 is 1.16 bits per heavy atom. The fourth-order valence-electron chi connectivity index (χ4n) is 8.93. The third kappa shape index (κ3) is 7.73. The van der Waals surface area contributed by atoms with Gasteiger partial charge in [0.1, 0.15) is 0 Å². The molecule has 0 N–H and O–H groups in total. The van der Waals surface area contributed by atoms with Crippen LogP contribution in [0.25, 0.3) is 118 Å². The van der Waals surface area contributed by atoms with E-state index in [1.54, 1.807) is 0 Å². The van der Waals surface area contributed by atoms with Gasteiger partial charge in [-0.05, 0) is 76.3 Å². The fourth-order valence-corrected chi connectivity index (χ4v) is 8.93. The quantitative estimate of drug-likeness (QED) is 0.145. The van der Waals surface area contributed by atoms with E-state index in [9.17, 15) is 0 Å². The van der Waals surface area contributed by atoms with Gasteiger partial charge in [-0.3, -0.25) is 9.97 Å². The van der Waals surface area contributed by atoms with Gasteiger partial charge in [-0.1, -0.05) is 182 Å². The van der Waals surface area contributed by atoms with Crippen LogP contribution in [0.4, 0.5) is 0 Å². The molecule has 0 spiro atoms. The van der Waals surface area contributed by atoms with Crippen molar-refractivity contribution in [2.24, 2.45) is 0 Å². The summed E-state index contributed by atoms with van der Waals surface area (Å²) in [6.45, 7) is 0. The molecule has 314 valence electrons. The van der Waals surface area contributed by atoms with Crippen molar-refractivity contribution in [2.45, 2.75) is 0 Å². The van der Waals surface area contributed by atoms with E-state index in [-0.39, 0.29) is 0 Å². The summed E-state index contributed by atoms with van der Waals surface area (Å²) >= 11 is 0. The lowest BCUT2D eigenvalue weighted by atomic mass is 9.99. The molecule has 6 nitrogen and oxygen atoms in total. The highest BCUT2D eigenvalue weighted by molar-refractivity contribution is 6.09. The highest BCUT2D eigenvalue weighted by Gasteiger charge is 2.16. The third-order valence-corrected chi connectivity index (χ3v) is 12.4. The summed E-state index contributed by atoms with van der Waals surface area (Å²) in [5.41, 5.74) is 17.8. The van der Waals surface area contributed by atoms with Crippen molar-refractivity contribution in [3.8, 4) is 95.7 Å². The Morgan fingerprint density at radius 1 is 0.254 bits per heavy atom. The van der Waals surface area contributed by atoms with Gasteiger partial charge >= 0.3 is 0 Å². The van der Waals surface area contributed by atoms with E-state index in [1.165, 1.54) is 10.8 Å². The van der Waals surface area contributed by atoms with Crippen LogP contribution in [0, 0.1) is 0 Å². The van der Waals surface area contributed by atoms with Gasteiger partial charge in [-0.15, -0.1) is 0 Å². The lowest BCUT2D eigenvalue weighted by Gasteiger charge is -2.11. The number of pyridine rings is 3. The van der Waals surface area contributed by atoms with E-state index in [2.05, 4.69) is 193 Å². The minimum Gasteiger partial charge on any atom is -0.308 e. The van der Waals surface area contributed by atoms with Crippen molar-refractivity contribution < 1.29 is 0 Å². The zero-order chi connectivity index (χ0) is 44.5. The molecule has 12 aromatic rings. The summed E-state index contributed by atoms with van der Waals surface area (Å²) in [5, 5.41) is 2.44. The molecule has 7 aromatic carbocycles. The van der Waals surface area contributed by atoms with Crippen molar-refractivity contribution in [3.63, 3.8) is 0 Å². The lowest BCUT2D eigenvalue weighted by Crippen LogP contribution is -1.97. The summed E-state index contributed by atoms with van der Waals surface area (Å²) in [5.74, 6) is 0.693. The van der Waals surface area contributed by atoms with E-state index < -0.39 is 0 Å². The third-order valence-electron chi connectivity index (χ3n) is 12.4. The van der Waals surface area contributed by atoms with E-state index in [0.29, 0.717) is 5.82 Å². The lowest BCUT2D eigenvalue weighted by molar-refractivity contribution is 1.13. The zero-order valence-electron chi connectivity index (χ0n) is 36.3. The number of nitrogens with zero attached hydrogens (tertiary/aromatic N) is 6. The topological polar surface area (TPSA) is 69.4 Å². The van der Waals surface area contributed by atoms with Gasteiger partial charge in [0.15, 0.2) is 5.82 Å². The monoisotopic (exact) mass is 856 g/mol.